The largest absolute Gasteiger partial charge is 0.298 e. The molecule has 0 fully saturated rings. The molecule has 0 amide bonds. The summed E-state index contributed by atoms with van der Waals surface area (Å²) in [6.07, 6.45) is 7.66. The van der Waals surface area contributed by atoms with Crippen molar-refractivity contribution >= 4 is 55.5 Å². The Morgan fingerprint density at radius 2 is 1.96 bits per heavy atom. The maximum atomic E-state index is 11.2. The van der Waals surface area contributed by atoms with Crippen LogP contribution < -0.4 is 0 Å². The van der Waals surface area contributed by atoms with E-state index in [0.29, 0.717) is 10.6 Å². The minimum absolute atomic E-state index is 0.00156. The van der Waals surface area contributed by atoms with Gasteiger partial charge in [-0.05, 0) is 42.7 Å². The molecule has 1 aromatic carbocycles. The molecule has 0 N–H and O–H groups in total. The molecular formula is C18H20Br2ClNO. The van der Waals surface area contributed by atoms with Gasteiger partial charge in [0.25, 0.3) is 0 Å². The van der Waals surface area contributed by atoms with Crippen LogP contribution in [0.4, 0.5) is 0 Å². The topological polar surface area (TPSA) is 29.4 Å². The fourth-order valence-electron chi connectivity index (χ4n) is 2.16. The Hall–Kier alpha value is -0.710. The average Bonchev–Trinajstić information content (AvgIpc) is 2.79. The zero-order valence-electron chi connectivity index (χ0n) is 13.4. The molecule has 124 valence electrons. The van der Waals surface area contributed by atoms with Crippen LogP contribution in [0.2, 0.25) is 5.02 Å². The van der Waals surface area contributed by atoms with Gasteiger partial charge in [-0.3, -0.25) is 9.79 Å². The highest BCUT2D eigenvalue weighted by molar-refractivity contribution is 9.12. The van der Waals surface area contributed by atoms with E-state index < -0.39 is 0 Å². The van der Waals surface area contributed by atoms with Crippen LogP contribution in [0.25, 0.3) is 0 Å². The summed E-state index contributed by atoms with van der Waals surface area (Å²) in [5.41, 5.74) is 3.57. The summed E-state index contributed by atoms with van der Waals surface area (Å²) in [6, 6.07) is 5.28. The van der Waals surface area contributed by atoms with Crippen molar-refractivity contribution in [2.75, 3.05) is 0 Å². The molecule has 0 bridgehead atoms. The molecule has 2 nitrogen and oxygen atoms in total. The van der Waals surface area contributed by atoms with E-state index in [1.807, 2.05) is 39.1 Å². The van der Waals surface area contributed by atoms with Crippen LogP contribution >= 0.6 is 43.5 Å². The van der Waals surface area contributed by atoms with Crippen molar-refractivity contribution in [3.05, 3.63) is 58.3 Å². The third-order valence-corrected chi connectivity index (χ3v) is 6.28. The lowest BCUT2D eigenvalue weighted by molar-refractivity contribution is 0.112. The summed E-state index contributed by atoms with van der Waals surface area (Å²) in [5, 5.41) is 0.613. The molecule has 0 aliphatic carbocycles. The number of carbonyl (C=O) groups is 1. The maximum absolute atomic E-state index is 11.2. The number of halogens is 3. The summed E-state index contributed by atoms with van der Waals surface area (Å²) >= 11 is 13.5. The van der Waals surface area contributed by atoms with Gasteiger partial charge in [0.05, 0.1) is 9.65 Å². The second-order valence-electron chi connectivity index (χ2n) is 4.69. The molecule has 1 heterocycles. The Labute approximate surface area is 160 Å². The Morgan fingerprint density at radius 1 is 1.26 bits per heavy atom. The van der Waals surface area contributed by atoms with Gasteiger partial charge in [0, 0.05) is 22.5 Å². The monoisotopic (exact) mass is 459 g/mol. The number of allylic oxidation sites excluding steroid dienone is 3. The van der Waals surface area contributed by atoms with Gasteiger partial charge in [-0.25, -0.2) is 0 Å². The molecule has 1 aliphatic heterocycles. The Bertz CT molecular complexity index is 638. The van der Waals surface area contributed by atoms with Crippen molar-refractivity contribution in [3.63, 3.8) is 0 Å². The van der Waals surface area contributed by atoms with E-state index in [4.69, 9.17) is 11.6 Å². The van der Waals surface area contributed by atoms with Gasteiger partial charge in [-0.1, -0.05) is 69.5 Å². The molecular weight excluding hydrogens is 441 g/mol. The molecule has 1 aliphatic rings. The molecule has 23 heavy (non-hydrogen) atoms. The van der Waals surface area contributed by atoms with E-state index in [0.717, 1.165) is 29.6 Å². The SMILES string of the molecule is CC.CC1=NC=CCC=C1C(Br)C(Br)c1cc(Cl)ccc1C=O. The molecule has 0 radical (unpaired) electrons. The minimum Gasteiger partial charge on any atom is -0.298 e. The first-order valence-electron chi connectivity index (χ1n) is 7.47. The third-order valence-electron chi connectivity index (χ3n) is 3.29. The predicted octanol–water partition coefficient (Wildman–Crippen LogP) is 6.68. The van der Waals surface area contributed by atoms with Crippen molar-refractivity contribution in [1.29, 1.82) is 0 Å². The molecule has 0 aromatic heterocycles. The molecule has 0 saturated heterocycles. The summed E-state index contributed by atoms with van der Waals surface area (Å²) in [7, 11) is 0. The van der Waals surface area contributed by atoms with Crippen molar-refractivity contribution in [2.45, 2.75) is 36.8 Å². The van der Waals surface area contributed by atoms with Gasteiger partial charge in [0.2, 0.25) is 0 Å². The van der Waals surface area contributed by atoms with Crippen molar-refractivity contribution in [2.24, 2.45) is 4.99 Å². The zero-order valence-corrected chi connectivity index (χ0v) is 17.3. The van der Waals surface area contributed by atoms with Crippen LogP contribution in [0.3, 0.4) is 0 Å². The summed E-state index contributed by atoms with van der Waals surface area (Å²) in [6.45, 7) is 5.98. The van der Waals surface area contributed by atoms with E-state index >= 15 is 0 Å². The molecule has 0 spiro atoms. The number of aldehydes is 1. The lowest BCUT2D eigenvalue weighted by Gasteiger charge is -2.21. The predicted molar refractivity (Wildman–Crippen MR) is 108 cm³/mol. The van der Waals surface area contributed by atoms with E-state index in [-0.39, 0.29) is 9.65 Å². The van der Waals surface area contributed by atoms with Crippen molar-refractivity contribution in [3.8, 4) is 0 Å². The standard InChI is InChI=1S/C16H14Br2ClNO.C2H6/c1-10-13(4-2-3-7-20-10)15(17)16(18)14-8-12(19)6-5-11(14)9-21;1-2/h3-9,15-16H,2H2,1H3;1-2H3. The third kappa shape index (κ3) is 5.40. The molecule has 0 saturated carbocycles. The quantitative estimate of drug-likeness (QED) is 0.363. The van der Waals surface area contributed by atoms with Gasteiger partial charge in [-0.15, -0.1) is 0 Å². The number of hydrogen-bond acceptors (Lipinski definition) is 2. The zero-order chi connectivity index (χ0) is 17.4. The summed E-state index contributed by atoms with van der Waals surface area (Å²) in [4.78, 5) is 15.5. The van der Waals surface area contributed by atoms with Crippen LogP contribution in [-0.2, 0) is 0 Å². The number of rotatable bonds is 4. The normalized spacial score (nSPS) is 16.3. The first-order valence-corrected chi connectivity index (χ1v) is 9.68. The average molecular weight is 462 g/mol. The Kier molecular flexibility index (Phi) is 9.03. The summed E-state index contributed by atoms with van der Waals surface area (Å²) in [5.74, 6) is 0. The van der Waals surface area contributed by atoms with Gasteiger partial charge in [0.1, 0.15) is 6.29 Å². The minimum atomic E-state index is -0.0779. The van der Waals surface area contributed by atoms with E-state index in [2.05, 4.69) is 42.9 Å². The lowest BCUT2D eigenvalue weighted by Crippen LogP contribution is -2.16. The number of alkyl halides is 2. The highest BCUT2D eigenvalue weighted by Crippen LogP contribution is 2.38. The first kappa shape index (κ1) is 20.3. The smallest absolute Gasteiger partial charge is 0.150 e. The number of carbonyl (C=O) groups excluding carboxylic acids is 1. The maximum Gasteiger partial charge on any atom is 0.150 e. The second-order valence-corrected chi connectivity index (χ2v) is 7.10. The first-order chi connectivity index (χ1) is 11.0. The van der Waals surface area contributed by atoms with Crippen LogP contribution in [0, 0.1) is 0 Å². The van der Waals surface area contributed by atoms with Crippen LogP contribution in [0.15, 0.2) is 47.1 Å². The number of benzene rings is 1. The molecule has 2 atom stereocenters. The van der Waals surface area contributed by atoms with Crippen LogP contribution in [0.5, 0.6) is 0 Å². The molecule has 1 aromatic rings. The fourth-order valence-corrected chi connectivity index (χ4v) is 3.83. The van der Waals surface area contributed by atoms with E-state index in [1.165, 1.54) is 0 Å². The highest BCUT2D eigenvalue weighted by Gasteiger charge is 2.25. The lowest BCUT2D eigenvalue weighted by atomic mass is 9.97. The fraction of sp³-hybridized carbons (Fsp3) is 0.333. The van der Waals surface area contributed by atoms with Crippen LogP contribution in [0.1, 0.15) is 47.9 Å². The van der Waals surface area contributed by atoms with Gasteiger partial charge in [-0.2, -0.15) is 0 Å². The summed E-state index contributed by atoms with van der Waals surface area (Å²) < 4.78 is 0. The molecule has 2 unspecified atom stereocenters. The highest BCUT2D eigenvalue weighted by atomic mass is 79.9. The van der Waals surface area contributed by atoms with Crippen molar-refractivity contribution in [1.82, 2.24) is 0 Å². The van der Waals surface area contributed by atoms with E-state index in [1.54, 1.807) is 12.1 Å². The molecule has 2 rings (SSSR count). The Balaban J connectivity index is 0.00000127. The van der Waals surface area contributed by atoms with Gasteiger partial charge >= 0.3 is 0 Å². The number of aliphatic imine (C=N–C) groups is 1. The van der Waals surface area contributed by atoms with Crippen molar-refractivity contribution < 1.29 is 4.79 Å². The van der Waals surface area contributed by atoms with Gasteiger partial charge in [0.15, 0.2) is 0 Å². The number of hydrogen-bond donors (Lipinski definition) is 0. The number of nitrogens with zero attached hydrogens (tertiary/aromatic N) is 1. The van der Waals surface area contributed by atoms with Crippen LogP contribution in [-0.4, -0.2) is 16.8 Å². The second kappa shape index (κ2) is 10.2. The van der Waals surface area contributed by atoms with Gasteiger partial charge < -0.3 is 0 Å². The molecule has 5 heteroatoms. The Morgan fingerprint density at radius 3 is 2.61 bits per heavy atom. The van der Waals surface area contributed by atoms with E-state index in [9.17, 15) is 4.79 Å².